The number of aliphatic hydroxyl groups excluding tert-OH is 1. The van der Waals surface area contributed by atoms with E-state index in [1.807, 2.05) is 0 Å². The molecule has 0 aliphatic carbocycles. The summed E-state index contributed by atoms with van der Waals surface area (Å²) in [6.07, 6.45) is 35.1. The number of ether oxygens (including phenoxy) is 9. The zero-order valence-corrected chi connectivity index (χ0v) is 59.9. The number of carbonyl (C=O) groups is 4. The number of aliphatic hydroxyl groups is 1. The van der Waals surface area contributed by atoms with E-state index in [-0.39, 0.29) is 63.7 Å². The summed E-state index contributed by atoms with van der Waals surface area (Å²) < 4.78 is 81.3. The van der Waals surface area contributed by atoms with Crippen molar-refractivity contribution >= 4 is 32.0 Å². The number of allylic oxidation sites excluding steroid dienone is 2. The van der Waals surface area contributed by atoms with Crippen molar-refractivity contribution in [3.8, 4) is 0 Å². The molecule has 93 heavy (non-hydrogen) atoms. The second kappa shape index (κ2) is 58.9. The number of Topliss-reactive ketones (excluding diaryl/α,β-unsaturated/α-hetero) is 1. The minimum atomic E-state index is -2.78. The molecule has 19 nitrogen and oxygen atoms in total. The highest BCUT2D eigenvalue weighted by Crippen LogP contribution is 2.37. The van der Waals surface area contributed by atoms with Crippen LogP contribution in [0.4, 0.5) is 4.79 Å². The quantitative estimate of drug-likeness (QED) is 0.0169. The highest BCUT2D eigenvalue weighted by atomic mass is 31.1. The zero-order chi connectivity index (χ0) is 67.8. The molecule has 0 saturated carbocycles. The van der Waals surface area contributed by atoms with Crippen LogP contribution in [0.3, 0.4) is 0 Å². The Bertz CT molecular complexity index is 1930. The fraction of sp³-hybridized carbons (Fsp3) is 0.863. The van der Waals surface area contributed by atoms with Crippen molar-refractivity contribution in [2.75, 3.05) is 53.9 Å². The van der Waals surface area contributed by atoms with Gasteiger partial charge < -0.3 is 58.4 Å². The molecule has 12 atom stereocenters. The molecule has 0 aromatic carbocycles. The number of hydrogen-bond acceptors (Lipinski definition) is 17. The number of ketones is 1. The maximum atomic E-state index is 14.4. The van der Waals surface area contributed by atoms with E-state index in [9.17, 15) is 28.8 Å². The highest BCUT2D eigenvalue weighted by Gasteiger charge is 2.54. The third-order valence-electron chi connectivity index (χ3n) is 17.4. The molecule has 8 unspecified atom stereocenters. The summed E-state index contributed by atoms with van der Waals surface area (Å²) >= 11 is 0. The molecule has 0 spiro atoms. The Morgan fingerprint density at radius 2 is 1.02 bits per heavy atom. The summed E-state index contributed by atoms with van der Waals surface area (Å²) in [6, 6.07) is -2.44. The first-order chi connectivity index (χ1) is 45.4. The predicted octanol–water partition coefficient (Wildman–Crippen LogP) is 16.6. The van der Waals surface area contributed by atoms with Gasteiger partial charge in [-0.05, 0) is 57.8 Å². The van der Waals surface area contributed by atoms with Crippen molar-refractivity contribution < 1.29 is 80.5 Å². The molecule has 0 aromatic heterocycles. The van der Waals surface area contributed by atoms with E-state index in [4.69, 9.17) is 51.7 Å². The summed E-state index contributed by atoms with van der Waals surface area (Å²) in [4.78, 5) is 55.1. The van der Waals surface area contributed by atoms with Gasteiger partial charge in [-0.3, -0.25) is 14.4 Å². The maximum Gasteiger partial charge on any atom is 0.698 e. The first kappa shape index (κ1) is 85.9. The number of methoxy groups -OCH3 is 2. The second-order valence-electron chi connectivity index (χ2n) is 25.5. The van der Waals surface area contributed by atoms with Crippen LogP contribution in [0, 0.1) is 0 Å². The van der Waals surface area contributed by atoms with Crippen LogP contribution in [0.15, 0.2) is 37.5 Å². The van der Waals surface area contributed by atoms with Crippen molar-refractivity contribution in [3.63, 3.8) is 0 Å². The largest absolute Gasteiger partial charge is 0.698 e. The average Bonchev–Trinajstić information content (AvgIpc) is 0.947. The Hall–Kier alpha value is -3.20. The number of amides is 2. The van der Waals surface area contributed by atoms with Gasteiger partial charge in [0.1, 0.15) is 55.5 Å². The molecule has 0 bridgehead atoms. The first-order valence-corrected chi connectivity index (χ1v) is 37.9. The second-order valence-corrected chi connectivity index (χ2v) is 26.4. The third-order valence-corrected chi connectivity index (χ3v) is 18.2. The predicted molar refractivity (Wildman–Crippen MR) is 368 cm³/mol. The van der Waals surface area contributed by atoms with Gasteiger partial charge in [-0.1, -0.05) is 238 Å². The van der Waals surface area contributed by atoms with Crippen LogP contribution in [0.25, 0.3) is 0 Å². The Kier molecular flexibility index (Phi) is 54.4. The molecule has 2 rings (SSSR count). The smallest absolute Gasteiger partial charge is 0.430 e. The van der Waals surface area contributed by atoms with E-state index in [0.29, 0.717) is 25.7 Å². The lowest BCUT2D eigenvalue weighted by Crippen LogP contribution is -2.68. The minimum absolute atomic E-state index is 0.0664. The molecular weight excluding hydrogens is 1210 g/mol. The van der Waals surface area contributed by atoms with Crippen LogP contribution in [0.2, 0.25) is 0 Å². The summed E-state index contributed by atoms with van der Waals surface area (Å²) in [5, 5.41) is 18.0. The summed E-state index contributed by atoms with van der Waals surface area (Å²) in [5.74, 6) is -1.18. The van der Waals surface area contributed by atoms with Crippen molar-refractivity contribution in [1.29, 1.82) is 0 Å². The van der Waals surface area contributed by atoms with Gasteiger partial charge in [0.05, 0.1) is 25.7 Å². The molecule has 0 radical (unpaired) electrons. The van der Waals surface area contributed by atoms with Crippen LogP contribution < -0.4 is 10.6 Å². The number of rotatable bonds is 63. The molecule has 0 aromatic rings. The maximum absolute atomic E-state index is 14.4. The lowest BCUT2D eigenvalue weighted by atomic mass is 9.95. The summed E-state index contributed by atoms with van der Waals surface area (Å²) in [7, 11) is 0.385. The fourth-order valence-electron chi connectivity index (χ4n) is 12.0. The standard InChI is InChI=1S/C73H131N2O17P/c1-9-15-19-23-26-29-30-31-32-33-34-36-38-42-46-50-63(77)74-66-70(85-55-51-60(83-8)49-45-40-22-18-12-4)68(92-93(81)88-53-14-6)61(57-82-7)90-72(66)87-58-62-67(91-73(80)86-52-13-5)69(84-54-47-43-39-28-25-21-17-11-3)65(71(79)89-62)75-64(78)56-59(76)48-44-41-37-35-27-24-20-16-10-2/h13-14,29-30,60-62,65-72,79H,5-6,9-12,15-28,31-58H2,1-4,7-8H3,(H-,74,75,77,78)/p+1/b30-29-/t60?,61?,62?,65-,66-,67-,68-,69?,70?,71?,72?/m1/s1. The van der Waals surface area contributed by atoms with Gasteiger partial charge >= 0.3 is 14.4 Å². The van der Waals surface area contributed by atoms with E-state index >= 15 is 0 Å². The van der Waals surface area contributed by atoms with Crippen LogP contribution in [-0.2, 0) is 70.6 Å². The Morgan fingerprint density at radius 1 is 0.527 bits per heavy atom. The zero-order valence-electron chi connectivity index (χ0n) is 59.0. The topological polar surface area (TPSA) is 231 Å². The third kappa shape index (κ3) is 41.6. The Morgan fingerprint density at radius 3 is 1.59 bits per heavy atom. The van der Waals surface area contributed by atoms with Crippen LogP contribution >= 0.6 is 8.25 Å². The van der Waals surface area contributed by atoms with Crippen molar-refractivity contribution in [3.05, 3.63) is 37.5 Å². The normalized spacial score (nSPS) is 21.9. The van der Waals surface area contributed by atoms with Gasteiger partial charge in [-0.25, -0.2) is 4.79 Å². The van der Waals surface area contributed by atoms with Crippen LogP contribution in [0.5, 0.6) is 0 Å². The summed E-state index contributed by atoms with van der Waals surface area (Å²) in [5.41, 5.74) is 0. The van der Waals surface area contributed by atoms with Crippen molar-refractivity contribution in [2.24, 2.45) is 0 Å². The average molecular weight is 1340 g/mol. The highest BCUT2D eigenvalue weighted by molar-refractivity contribution is 7.33. The Labute approximate surface area is 564 Å². The molecule has 2 amide bonds. The molecule has 2 fully saturated rings. The van der Waals surface area contributed by atoms with Gasteiger partial charge in [0.25, 0.3) is 0 Å². The molecule has 540 valence electrons. The molecule has 2 aliphatic rings. The first-order valence-electron chi connectivity index (χ1n) is 36.8. The van der Waals surface area contributed by atoms with Gasteiger partial charge in [0, 0.05) is 44.8 Å². The molecule has 2 saturated heterocycles. The summed E-state index contributed by atoms with van der Waals surface area (Å²) in [6.45, 7) is 15.7. The molecule has 2 aliphatic heterocycles. The SMILES string of the molecule is C=CCOC(=O)O[C@@H]1C(COC2OC(COC)[C@@H](O[P+](=O)OCC=C)C(OCCC(CCCCCCC)OC)[C@H]2NC(=O)CCCCCCCCC/C=C\CCCCCC)OC(O)[C@H](NC(=O)CC(=O)CCCCCCCCCCC)C1OCCCCCCCCCC. The van der Waals surface area contributed by atoms with E-state index in [1.54, 1.807) is 7.11 Å². The fourth-order valence-corrected chi connectivity index (χ4v) is 12.7. The van der Waals surface area contributed by atoms with Gasteiger partial charge in [-0.15, -0.1) is 15.6 Å². The van der Waals surface area contributed by atoms with Crippen molar-refractivity contribution in [2.45, 2.75) is 352 Å². The van der Waals surface area contributed by atoms with E-state index in [2.05, 4.69) is 63.6 Å². The van der Waals surface area contributed by atoms with E-state index in [0.717, 1.165) is 135 Å². The van der Waals surface area contributed by atoms with Gasteiger partial charge in [0.15, 0.2) is 24.8 Å². The molecule has 3 N–H and O–H groups in total. The minimum Gasteiger partial charge on any atom is -0.430 e. The van der Waals surface area contributed by atoms with Gasteiger partial charge in [-0.2, -0.15) is 0 Å². The van der Waals surface area contributed by atoms with E-state index in [1.165, 1.54) is 96.3 Å². The van der Waals surface area contributed by atoms with Crippen LogP contribution in [0.1, 0.15) is 285 Å². The number of unbranched alkanes of at least 4 members (excludes halogenated alkanes) is 30. The Balaban J connectivity index is 2.54. The lowest BCUT2D eigenvalue weighted by molar-refractivity contribution is -0.302. The van der Waals surface area contributed by atoms with Crippen molar-refractivity contribution in [1.82, 2.24) is 10.6 Å². The van der Waals surface area contributed by atoms with E-state index < -0.39 is 94.6 Å². The number of nitrogens with one attached hydrogen (secondary N) is 2. The molecule has 20 heteroatoms. The lowest BCUT2D eigenvalue weighted by Gasteiger charge is -2.46. The number of hydrogen-bond donors (Lipinski definition) is 3. The van der Waals surface area contributed by atoms with Gasteiger partial charge in [0.2, 0.25) is 11.8 Å². The molecular formula is C73H132N2O17P+. The number of carbonyl (C=O) groups excluding carboxylic acids is 4. The molecule has 2 heterocycles. The van der Waals surface area contributed by atoms with Crippen LogP contribution in [-0.4, -0.2) is 150 Å². The monoisotopic (exact) mass is 1340 g/mol.